The number of β-amino-alcohol motifs (C(OH)–C–C–N with tert-alkyl or cyclic N) is 1. The van der Waals surface area contributed by atoms with Gasteiger partial charge in [0.2, 0.25) is 5.88 Å². The van der Waals surface area contributed by atoms with Gasteiger partial charge in [-0.25, -0.2) is 18.9 Å². The van der Waals surface area contributed by atoms with Crippen LogP contribution in [0.4, 0.5) is 10.2 Å². The summed E-state index contributed by atoms with van der Waals surface area (Å²) in [4.78, 5) is 23.2. The van der Waals surface area contributed by atoms with Gasteiger partial charge in [0, 0.05) is 12.1 Å². The first kappa shape index (κ1) is 18.6. The van der Waals surface area contributed by atoms with E-state index in [4.69, 9.17) is 9.47 Å². The van der Waals surface area contributed by atoms with E-state index in [0.717, 1.165) is 6.20 Å². The number of carbonyl (C=O) groups excluding carboxylic acids is 1. The Hall–Kier alpha value is -3.47. The van der Waals surface area contributed by atoms with Gasteiger partial charge >= 0.3 is 0 Å². The normalized spacial score (nSPS) is 21.4. The Morgan fingerprint density at radius 2 is 2.17 bits per heavy atom. The molecule has 0 aromatic carbocycles. The number of aliphatic hydroxyl groups is 1. The molecule has 5 rings (SSSR count). The van der Waals surface area contributed by atoms with E-state index in [1.165, 1.54) is 16.8 Å². The highest BCUT2D eigenvalue weighted by Gasteiger charge is 2.30. The van der Waals surface area contributed by atoms with E-state index in [-0.39, 0.29) is 37.2 Å². The third kappa shape index (κ3) is 3.16. The molecule has 11 heteroatoms. The standard InChI is InChI=1S/C19H19FN6O4/c1-10-8-29-15-7-26-16-14(5-23-26)18(28)21-4-13(27)9-30-19-11(2-12(20)3-22-19)6-25(10)17(15)24-16/h2-3,5,7,10,13,27H,4,6,8-9H2,1H3,(H,21,28)/t10-,13-/m1/s1. The zero-order valence-electron chi connectivity index (χ0n) is 16.1. The predicted octanol–water partition coefficient (Wildman–Crippen LogP) is 0.534. The van der Waals surface area contributed by atoms with Crippen LogP contribution in [0.3, 0.4) is 0 Å². The lowest BCUT2D eigenvalue weighted by Gasteiger charge is -2.35. The van der Waals surface area contributed by atoms with Gasteiger partial charge in [0.1, 0.15) is 30.7 Å². The molecule has 0 saturated heterocycles. The van der Waals surface area contributed by atoms with Crippen LogP contribution in [0.2, 0.25) is 0 Å². The fourth-order valence-corrected chi connectivity index (χ4v) is 3.53. The first-order valence-electron chi connectivity index (χ1n) is 9.51. The van der Waals surface area contributed by atoms with Crippen LogP contribution in [0.1, 0.15) is 22.8 Å². The number of amides is 1. The number of aliphatic hydroxyl groups excluding tert-OH is 1. The van der Waals surface area contributed by atoms with Crippen LogP contribution in [0.15, 0.2) is 24.7 Å². The summed E-state index contributed by atoms with van der Waals surface area (Å²) in [6.45, 7) is 2.46. The molecule has 0 aliphatic carbocycles. The van der Waals surface area contributed by atoms with E-state index in [1.54, 1.807) is 6.20 Å². The van der Waals surface area contributed by atoms with Crippen molar-refractivity contribution in [2.45, 2.75) is 25.6 Å². The largest absolute Gasteiger partial charge is 0.486 e. The van der Waals surface area contributed by atoms with Crippen LogP contribution in [-0.2, 0) is 6.54 Å². The molecule has 2 bridgehead atoms. The zero-order chi connectivity index (χ0) is 20.8. The molecule has 10 nitrogen and oxygen atoms in total. The number of carbonyl (C=O) groups is 1. The smallest absolute Gasteiger partial charge is 0.256 e. The zero-order valence-corrected chi connectivity index (χ0v) is 16.1. The number of anilines is 1. The third-order valence-corrected chi connectivity index (χ3v) is 5.11. The summed E-state index contributed by atoms with van der Waals surface area (Å²) in [7, 11) is 0. The van der Waals surface area contributed by atoms with Crippen molar-refractivity contribution >= 4 is 17.4 Å². The van der Waals surface area contributed by atoms with E-state index in [1.807, 2.05) is 11.8 Å². The summed E-state index contributed by atoms with van der Waals surface area (Å²) in [5.41, 5.74) is 1.14. The minimum atomic E-state index is -0.976. The molecule has 0 fully saturated rings. The average molecular weight is 414 g/mol. The summed E-state index contributed by atoms with van der Waals surface area (Å²) in [5.74, 6) is 0.331. The minimum Gasteiger partial charge on any atom is -0.486 e. The quantitative estimate of drug-likeness (QED) is 0.548. The molecule has 1 amide bonds. The van der Waals surface area contributed by atoms with Gasteiger partial charge in [-0.1, -0.05) is 0 Å². The first-order valence-corrected chi connectivity index (χ1v) is 9.51. The Bertz CT molecular complexity index is 1140. The molecule has 2 N–H and O–H groups in total. The molecular formula is C19H19FN6O4. The minimum absolute atomic E-state index is 0.0378. The highest BCUT2D eigenvalue weighted by Crippen LogP contribution is 2.35. The number of rotatable bonds is 0. The van der Waals surface area contributed by atoms with Crippen LogP contribution in [0.5, 0.6) is 11.6 Å². The lowest BCUT2D eigenvalue weighted by Crippen LogP contribution is -2.41. The van der Waals surface area contributed by atoms with Crippen molar-refractivity contribution in [3.8, 4) is 11.6 Å². The first-order chi connectivity index (χ1) is 14.5. The molecule has 0 unspecified atom stereocenters. The topological polar surface area (TPSA) is 114 Å². The van der Waals surface area contributed by atoms with Gasteiger partial charge in [-0.3, -0.25) is 4.79 Å². The number of aromatic nitrogens is 4. The average Bonchev–Trinajstić information content (AvgIpc) is 3.14. The van der Waals surface area contributed by atoms with E-state index in [0.29, 0.717) is 29.4 Å². The van der Waals surface area contributed by atoms with Crippen LogP contribution in [0, 0.1) is 5.82 Å². The Kier molecular flexibility index (Phi) is 4.39. The van der Waals surface area contributed by atoms with Crippen molar-refractivity contribution in [3.63, 3.8) is 0 Å². The molecule has 3 aromatic heterocycles. The number of hydrogen-bond donors (Lipinski definition) is 2. The van der Waals surface area contributed by atoms with Crippen LogP contribution in [-0.4, -0.2) is 62.5 Å². The summed E-state index contributed by atoms with van der Waals surface area (Å²) in [5, 5.41) is 17.0. The number of halogens is 1. The summed E-state index contributed by atoms with van der Waals surface area (Å²) in [6.07, 6.45) is 3.17. The van der Waals surface area contributed by atoms with Crippen LogP contribution >= 0.6 is 0 Å². The second-order valence-electron chi connectivity index (χ2n) is 7.34. The molecule has 2 atom stereocenters. The Balaban J connectivity index is 1.67. The maximum Gasteiger partial charge on any atom is 0.256 e. The molecule has 0 spiro atoms. The molecule has 0 radical (unpaired) electrons. The fourth-order valence-electron chi connectivity index (χ4n) is 3.53. The van der Waals surface area contributed by atoms with Gasteiger partial charge in [-0.2, -0.15) is 5.10 Å². The maximum absolute atomic E-state index is 13.9. The highest BCUT2D eigenvalue weighted by atomic mass is 19.1. The summed E-state index contributed by atoms with van der Waals surface area (Å²) in [6, 6.07) is 1.27. The molecule has 3 aromatic rings. The van der Waals surface area contributed by atoms with Gasteiger partial charge in [0.25, 0.3) is 5.91 Å². The van der Waals surface area contributed by atoms with E-state index < -0.39 is 17.8 Å². The SMILES string of the molecule is C[C@@H]1COc2cn3ncc4c3nc2N1Cc1cc(F)cnc1OC[C@H](O)CNC4=O. The number of pyridine rings is 1. The van der Waals surface area contributed by atoms with E-state index in [2.05, 4.69) is 20.4 Å². The number of nitrogens with one attached hydrogen (secondary N) is 1. The maximum atomic E-state index is 13.9. The lowest BCUT2D eigenvalue weighted by atomic mass is 10.1. The number of fused-ring (bicyclic) bond motifs is 1. The van der Waals surface area contributed by atoms with Crippen molar-refractivity contribution in [2.75, 3.05) is 24.7 Å². The van der Waals surface area contributed by atoms with Gasteiger partial charge in [0.05, 0.1) is 31.2 Å². The summed E-state index contributed by atoms with van der Waals surface area (Å²) >= 11 is 0. The molecular weight excluding hydrogens is 395 g/mol. The van der Waals surface area contributed by atoms with Gasteiger partial charge < -0.3 is 24.8 Å². The van der Waals surface area contributed by atoms with E-state index in [9.17, 15) is 14.3 Å². The van der Waals surface area contributed by atoms with Crippen molar-refractivity contribution in [2.24, 2.45) is 0 Å². The van der Waals surface area contributed by atoms with Gasteiger partial charge in [-0.15, -0.1) is 0 Å². The molecule has 5 heterocycles. The number of nitrogens with zero attached hydrogens (tertiary/aromatic N) is 5. The van der Waals surface area contributed by atoms with Crippen molar-refractivity contribution in [1.82, 2.24) is 24.9 Å². The Morgan fingerprint density at radius 1 is 1.30 bits per heavy atom. The molecule has 30 heavy (non-hydrogen) atoms. The molecule has 156 valence electrons. The fraction of sp³-hybridized carbons (Fsp3) is 0.368. The molecule has 2 aliphatic rings. The monoisotopic (exact) mass is 414 g/mol. The van der Waals surface area contributed by atoms with Crippen LogP contribution < -0.4 is 19.7 Å². The van der Waals surface area contributed by atoms with Gasteiger partial charge in [-0.05, 0) is 13.0 Å². The molecule has 0 saturated carbocycles. The second-order valence-corrected chi connectivity index (χ2v) is 7.34. The summed E-state index contributed by atoms with van der Waals surface area (Å²) < 4.78 is 26.9. The predicted molar refractivity (Wildman–Crippen MR) is 102 cm³/mol. The third-order valence-electron chi connectivity index (χ3n) is 5.11. The Labute approximate surface area is 170 Å². The molecule has 2 aliphatic heterocycles. The van der Waals surface area contributed by atoms with Crippen LogP contribution in [0.25, 0.3) is 5.65 Å². The van der Waals surface area contributed by atoms with Crippen molar-refractivity contribution in [3.05, 3.63) is 41.6 Å². The number of ether oxygens (including phenoxy) is 2. The second kappa shape index (κ2) is 7.10. The highest BCUT2D eigenvalue weighted by molar-refractivity contribution is 5.99. The van der Waals surface area contributed by atoms with Crippen molar-refractivity contribution in [1.29, 1.82) is 0 Å². The van der Waals surface area contributed by atoms with Crippen molar-refractivity contribution < 1.29 is 23.8 Å². The van der Waals surface area contributed by atoms with Gasteiger partial charge in [0.15, 0.2) is 17.2 Å². The lowest BCUT2D eigenvalue weighted by molar-refractivity contribution is 0.0835. The Morgan fingerprint density at radius 3 is 3.03 bits per heavy atom. The number of hydrogen-bond acceptors (Lipinski definition) is 8. The van der Waals surface area contributed by atoms with E-state index >= 15 is 0 Å².